The first-order chi connectivity index (χ1) is 8.38. The molecule has 3 nitrogen and oxygen atoms in total. The molecule has 0 radical (unpaired) electrons. The summed E-state index contributed by atoms with van der Waals surface area (Å²) in [5, 5.41) is 0. The number of pyridine rings is 1. The SMILES string of the molecule is NNC(CCc1ccncc1)CC1CCCC1. The Morgan fingerprint density at radius 1 is 1.29 bits per heavy atom. The van der Waals surface area contributed by atoms with E-state index >= 15 is 0 Å². The first-order valence-corrected chi connectivity index (χ1v) is 6.73. The van der Waals surface area contributed by atoms with E-state index in [0.29, 0.717) is 6.04 Å². The maximum Gasteiger partial charge on any atom is 0.0270 e. The van der Waals surface area contributed by atoms with Crippen molar-refractivity contribution in [3.05, 3.63) is 30.1 Å². The molecule has 1 aliphatic carbocycles. The summed E-state index contributed by atoms with van der Waals surface area (Å²) in [5.41, 5.74) is 4.34. The molecule has 0 aromatic carbocycles. The molecule has 0 amide bonds. The molecule has 1 aromatic rings. The quantitative estimate of drug-likeness (QED) is 0.586. The van der Waals surface area contributed by atoms with E-state index in [-0.39, 0.29) is 0 Å². The highest BCUT2D eigenvalue weighted by Crippen LogP contribution is 2.29. The number of hydrazine groups is 1. The highest BCUT2D eigenvalue weighted by Gasteiger charge is 2.19. The Hall–Kier alpha value is -0.930. The van der Waals surface area contributed by atoms with Crippen molar-refractivity contribution in [2.75, 3.05) is 0 Å². The standard InChI is InChI=1S/C14H23N3/c15-17-14(11-13-3-1-2-4-13)6-5-12-7-9-16-10-8-12/h7-10,13-14,17H,1-6,11,15H2. The van der Waals surface area contributed by atoms with E-state index in [2.05, 4.69) is 22.5 Å². The van der Waals surface area contributed by atoms with Crippen molar-refractivity contribution >= 4 is 0 Å². The van der Waals surface area contributed by atoms with Crippen LogP contribution in [0.4, 0.5) is 0 Å². The normalized spacial score (nSPS) is 18.4. The number of rotatable bonds is 6. The molecule has 2 rings (SSSR count). The minimum atomic E-state index is 0.464. The first kappa shape index (κ1) is 12.5. The fourth-order valence-electron chi connectivity index (χ4n) is 2.81. The zero-order chi connectivity index (χ0) is 11.9. The Morgan fingerprint density at radius 2 is 2.00 bits per heavy atom. The van der Waals surface area contributed by atoms with E-state index in [4.69, 9.17) is 5.84 Å². The third-order valence-electron chi connectivity index (χ3n) is 3.86. The van der Waals surface area contributed by atoms with Crippen LogP contribution in [-0.4, -0.2) is 11.0 Å². The lowest BCUT2D eigenvalue weighted by molar-refractivity contribution is 0.375. The molecule has 1 atom stereocenters. The van der Waals surface area contributed by atoms with Gasteiger partial charge in [-0.25, -0.2) is 0 Å². The minimum absolute atomic E-state index is 0.464. The molecule has 1 aromatic heterocycles. The van der Waals surface area contributed by atoms with Crippen LogP contribution in [0, 0.1) is 5.92 Å². The predicted octanol–water partition coefficient (Wildman–Crippen LogP) is 2.43. The van der Waals surface area contributed by atoms with Gasteiger partial charge in [-0.3, -0.25) is 16.3 Å². The van der Waals surface area contributed by atoms with Crippen LogP contribution < -0.4 is 11.3 Å². The summed E-state index contributed by atoms with van der Waals surface area (Å²) >= 11 is 0. The van der Waals surface area contributed by atoms with E-state index in [0.717, 1.165) is 18.8 Å². The van der Waals surface area contributed by atoms with Crippen molar-refractivity contribution in [1.82, 2.24) is 10.4 Å². The fourth-order valence-corrected chi connectivity index (χ4v) is 2.81. The summed E-state index contributed by atoms with van der Waals surface area (Å²) in [6.07, 6.45) is 12.8. The third-order valence-corrected chi connectivity index (χ3v) is 3.86. The lowest BCUT2D eigenvalue weighted by Gasteiger charge is -2.19. The Labute approximate surface area is 104 Å². The number of nitrogens with one attached hydrogen (secondary N) is 1. The van der Waals surface area contributed by atoms with Gasteiger partial charge in [-0.1, -0.05) is 25.7 Å². The molecule has 1 unspecified atom stereocenters. The van der Waals surface area contributed by atoms with Gasteiger partial charge in [-0.2, -0.15) is 0 Å². The molecule has 0 spiro atoms. The molecule has 0 saturated heterocycles. The number of nitrogens with zero attached hydrogens (tertiary/aromatic N) is 1. The molecule has 1 heterocycles. The van der Waals surface area contributed by atoms with E-state index in [1.165, 1.54) is 37.7 Å². The van der Waals surface area contributed by atoms with Crippen molar-refractivity contribution in [3.8, 4) is 0 Å². The van der Waals surface area contributed by atoms with Crippen molar-refractivity contribution < 1.29 is 0 Å². The molecule has 1 fully saturated rings. The summed E-state index contributed by atoms with van der Waals surface area (Å²) in [6, 6.07) is 4.64. The van der Waals surface area contributed by atoms with Crippen LogP contribution in [0.3, 0.4) is 0 Å². The van der Waals surface area contributed by atoms with Crippen molar-refractivity contribution in [2.24, 2.45) is 11.8 Å². The van der Waals surface area contributed by atoms with Gasteiger partial charge in [0, 0.05) is 18.4 Å². The highest BCUT2D eigenvalue weighted by atomic mass is 15.2. The first-order valence-electron chi connectivity index (χ1n) is 6.73. The zero-order valence-corrected chi connectivity index (χ0v) is 10.4. The maximum atomic E-state index is 5.65. The minimum Gasteiger partial charge on any atom is -0.271 e. The molecule has 17 heavy (non-hydrogen) atoms. The molecule has 3 N–H and O–H groups in total. The Morgan fingerprint density at radius 3 is 2.65 bits per heavy atom. The van der Waals surface area contributed by atoms with Gasteiger partial charge in [0.05, 0.1) is 0 Å². The lowest BCUT2D eigenvalue weighted by atomic mass is 9.95. The molecule has 3 heteroatoms. The van der Waals surface area contributed by atoms with Crippen LogP contribution in [0.2, 0.25) is 0 Å². The Kier molecular flexibility index (Phi) is 4.95. The Balaban J connectivity index is 1.75. The Bertz CT molecular complexity index is 307. The van der Waals surface area contributed by atoms with Crippen LogP contribution >= 0.6 is 0 Å². The van der Waals surface area contributed by atoms with E-state index < -0.39 is 0 Å². The smallest absolute Gasteiger partial charge is 0.0270 e. The lowest BCUT2D eigenvalue weighted by Crippen LogP contribution is -2.36. The summed E-state index contributed by atoms with van der Waals surface area (Å²) in [5.74, 6) is 6.55. The molecule has 1 aliphatic rings. The van der Waals surface area contributed by atoms with E-state index in [1.807, 2.05) is 12.4 Å². The topological polar surface area (TPSA) is 50.9 Å². The molecular formula is C14H23N3. The fraction of sp³-hybridized carbons (Fsp3) is 0.643. The van der Waals surface area contributed by atoms with Gasteiger partial charge < -0.3 is 0 Å². The monoisotopic (exact) mass is 233 g/mol. The van der Waals surface area contributed by atoms with Crippen molar-refractivity contribution in [1.29, 1.82) is 0 Å². The van der Waals surface area contributed by atoms with E-state index in [1.54, 1.807) is 0 Å². The average molecular weight is 233 g/mol. The van der Waals surface area contributed by atoms with Crippen LogP contribution in [0.15, 0.2) is 24.5 Å². The van der Waals surface area contributed by atoms with Gasteiger partial charge >= 0.3 is 0 Å². The zero-order valence-electron chi connectivity index (χ0n) is 10.4. The van der Waals surface area contributed by atoms with Gasteiger partial charge in [0.2, 0.25) is 0 Å². The molecule has 0 bridgehead atoms. The molecule has 0 aliphatic heterocycles. The number of nitrogens with two attached hydrogens (primary N) is 1. The van der Waals surface area contributed by atoms with Gasteiger partial charge in [-0.05, 0) is 42.9 Å². The summed E-state index contributed by atoms with van der Waals surface area (Å²) < 4.78 is 0. The highest BCUT2D eigenvalue weighted by molar-refractivity contribution is 5.09. The van der Waals surface area contributed by atoms with Gasteiger partial charge in [0.25, 0.3) is 0 Å². The van der Waals surface area contributed by atoms with Crippen LogP contribution in [0.5, 0.6) is 0 Å². The number of aryl methyl sites for hydroxylation is 1. The van der Waals surface area contributed by atoms with Crippen molar-refractivity contribution in [2.45, 2.75) is 51.0 Å². The second kappa shape index (κ2) is 6.72. The van der Waals surface area contributed by atoms with Gasteiger partial charge in [-0.15, -0.1) is 0 Å². The number of aromatic nitrogens is 1. The van der Waals surface area contributed by atoms with Crippen LogP contribution in [0.25, 0.3) is 0 Å². The van der Waals surface area contributed by atoms with E-state index in [9.17, 15) is 0 Å². The van der Waals surface area contributed by atoms with Gasteiger partial charge in [0.1, 0.15) is 0 Å². The second-order valence-corrected chi connectivity index (χ2v) is 5.14. The molecule has 94 valence electrons. The summed E-state index contributed by atoms with van der Waals surface area (Å²) in [7, 11) is 0. The number of hydrogen-bond acceptors (Lipinski definition) is 3. The summed E-state index contributed by atoms with van der Waals surface area (Å²) in [4.78, 5) is 4.04. The maximum absolute atomic E-state index is 5.65. The largest absolute Gasteiger partial charge is 0.271 e. The van der Waals surface area contributed by atoms with Gasteiger partial charge in [0.15, 0.2) is 0 Å². The molecule has 1 saturated carbocycles. The predicted molar refractivity (Wildman–Crippen MR) is 70.2 cm³/mol. The molecular weight excluding hydrogens is 210 g/mol. The van der Waals surface area contributed by atoms with Crippen molar-refractivity contribution in [3.63, 3.8) is 0 Å². The average Bonchev–Trinajstić information content (AvgIpc) is 2.88. The second-order valence-electron chi connectivity index (χ2n) is 5.14. The summed E-state index contributed by atoms with van der Waals surface area (Å²) in [6.45, 7) is 0. The number of hydrogen-bond donors (Lipinski definition) is 2. The third kappa shape index (κ3) is 4.10. The van der Waals surface area contributed by atoms with Crippen LogP contribution in [-0.2, 0) is 6.42 Å². The van der Waals surface area contributed by atoms with Crippen LogP contribution in [0.1, 0.15) is 44.1 Å².